The van der Waals surface area contributed by atoms with Crippen molar-refractivity contribution in [3.63, 3.8) is 0 Å². The summed E-state index contributed by atoms with van der Waals surface area (Å²) >= 11 is 5.86. The molecule has 0 saturated carbocycles. The number of nitrogens with zero attached hydrogens (tertiary/aromatic N) is 1. The van der Waals surface area contributed by atoms with Crippen LogP contribution in [0.1, 0.15) is 15.9 Å². The first kappa shape index (κ1) is 21.0. The molecule has 0 radical (unpaired) electrons. The highest BCUT2D eigenvalue weighted by atomic mass is 35.5. The lowest BCUT2D eigenvalue weighted by Gasteiger charge is -2.23. The van der Waals surface area contributed by atoms with Gasteiger partial charge < -0.3 is 29.7 Å². The minimum Gasteiger partial charge on any atom is -0.454 e. The highest BCUT2D eigenvalue weighted by molar-refractivity contribution is 6.35. The van der Waals surface area contributed by atoms with Gasteiger partial charge in [0.25, 0.3) is 5.91 Å². The van der Waals surface area contributed by atoms with E-state index in [-0.39, 0.29) is 25.8 Å². The van der Waals surface area contributed by atoms with E-state index in [4.69, 9.17) is 25.8 Å². The van der Waals surface area contributed by atoms with Gasteiger partial charge in [-0.3, -0.25) is 14.4 Å². The van der Waals surface area contributed by atoms with Crippen LogP contribution in [0.2, 0.25) is 5.02 Å². The van der Waals surface area contributed by atoms with Gasteiger partial charge in [0.05, 0.1) is 13.2 Å². The fourth-order valence-electron chi connectivity index (χ4n) is 3.25. The van der Waals surface area contributed by atoms with Crippen LogP contribution >= 0.6 is 11.6 Å². The van der Waals surface area contributed by atoms with E-state index in [0.717, 1.165) is 5.56 Å². The van der Waals surface area contributed by atoms with Gasteiger partial charge in [-0.25, -0.2) is 0 Å². The summed E-state index contributed by atoms with van der Waals surface area (Å²) in [5.41, 5.74) is 1.23. The SMILES string of the molecule is O=C(NCc1ccc2c(c1)OCO2)C(=O)NC[C@@H]1OCCN1C(=O)c1ccc(Cl)cc1. The third-order valence-corrected chi connectivity index (χ3v) is 5.13. The van der Waals surface area contributed by atoms with Crippen LogP contribution in [0.15, 0.2) is 42.5 Å². The topological polar surface area (TPSA) is 106 Å². The fraction of sp³-hybridized carbons (Fsp3) is 0.286. The minimum atomic E-state index is -0.810. The van der Waals surface area contributed by atoms with Crippen molar-refractivity contribution >= 4 is 29.3 Å². The summed E-state index contributed by atoms with van der Waals surface area (Å²) in [6, 6.07) is 11.8. The van der Waals surface area contributed by atoms with Crippen molar-refractivity contribution in [3.05, 3.63) is 58.6 Å². The van der Waals surface area contributed by atoms with Crippen molar-refractivity contribution in [3.8, 4) is 11.5 Å². The zero-order valence-electron chi connectivity index (χ0n) is 16.4. The Hall–Kier alpha value is -3.30. The largest absolute Gasteiger partial charge is 0.454 e. The summed E-state index contributed by atoms with van der Waals surface area (Å²) in [5, 5.41) is 5.59. The lowest BCUT2D eigenvalue weighted by molar-refractivity contribution is -0.139. The molecule has 2 aliphatic heterocycles. The average molecular weight is 446 g/mol. The molecule has 1 saturated heterocycles. The molecule has 10 heteroatoms. The molecule has 31 heavy (non-hydrogen) atoms. The summed E-state index contributed by atoms with van der Waals surface area (Å²) in [6.45, 7) is 1.04. The average Bonchev–Trinajstić information content (AvgIpc) is 3.44. The van der Waals surface area contributed by atoms with Crippen molar-refractivity contribution in [2.75, 3.05) is 26.5 Å². The van der Waals surface area contributed by atoms with E-state index in [9.17, 15) is 14.4 Å². The maximum atomic E-state index is 12.7. The number of halogens is 1. The molecule has 2 aromatic rings. The summed E-state index contributed by atoms with van der Waals surface area (Å²) in [6.07, 6.45) is -0.659. The molecule has 0 aromatic heterocycles. The van der Waals surface area contributed by atoms with Crippen molar-refractivity contribution < 1.29 is 28.6 Å². The number of carbonyl (C=O) groups is 3. The van der Waals surface area contributed by atoms with Crippen molar-refractivity contribution in [1.82, 2.24) is 15.5 Å². The molecule has 0 bridgehead atoms. The van der Waals surface area contributed by atoms with Gasteiger partial charge in [0.2, 0.25) is 6.79 Å². The molecule has 2 aliphatic rings. The van der Waals surface area contributed by atoms with E-state index in [1.54, 1.807) is 42.5 Å². The maximum Gasteiger partial charge on any atom is 0.309 e. The van der Waals surface area contributed by atoms with Crippen LogP contribution in [0.5, 0.6) is 11.5 Å². The predicted molar refractivity (Wildman–Crippen MR) is 110 cm³/mol. The van der Waals surface area contributed by atoms with E-state index in [1.165, 1.54) is 4.90 Å². The Labute approximate surface area is 183 Å². The van der Waals surface area contributed by atoms with Crippen molar-refractivity contribution in [2.45, 2.75) is 12.8 Å². The van der Waals surface area contributed by atoms with Crippen molar-refractivity contribution in [1.29, 1.82) is 0 Å². The highest BCUT2D eigenvalue weighted by Crippen LogP contribution is 2.32. The number of carbonyl (C=O) groups excluding carboxylic acids is 3. The monoisotopic (exact) mass is 445 g/mol. The normalized spacial score (nSPS) is 16.8. The Bertz CT molecular complexity index is 997. The number of fused-ring (bicyclic) bond motifs is 1. The van der Waals surface area contributed by atoms with Crippen LogP contribution in [0.4, 0.5) is 0 Å². The first-order valence-electron chi connectivity index (χ1n) is 9.64. The molecule has 2 N–H and O–H groups in total. The van der Waals surface area contributed by atoms with Crippen molar-refractivity contribution in [2.24, 2.45) is 0 Å². The lowest BCUT2D eigenvalue weighted by Crippen LogP contribution is -2.47. The molecule has 2 aromatic carbocycles. The molecule has 3 amide bonds. The summed E-state index contributed by atoms with van der Waals surface area (Å²) in [7, 11) is 0. The number of nitrogens with one attached hydrogen (secondary N) is 2. The van der Waals surface area contributed by atoms with Crippen LogP contribution in [-0.2, 0) is 20.9 Å². The molecule has 4 rings (SSSR count). The second-order valence-corrected chi connectivity index (χ2v) is 7.35. The zero-order chi connectivity index (χ0) is 21.8. The van der Waals surface area contributed by atoms with Gasteiger partial charge >= 0.3 is 11.8 Å². The minimum absolute atomic E-state index is 0.00436. The standard InChI is InChI=1S/C21H20ClN3O6/c22-15-4-2-14(3-5-15)21(28)25-7-8-29-18(25)11-24-20(27)19(26)23-10-13-1-6-16-17(9-13)31-12-30-16/h1-6,9,18H,7-8,10-12H2,(H,23,26)(H,24,27)/t18-/m0/s1. The van der Waals surface area contributed by atoms with Gasteiger partial charge in [0.1, 0.15) is 6.23 Å². The quantitative estimate of drug-likeness (QED) is 0.672. The third kappa shape index (κ3) is 4.89. The van der Waals surface area contributed by atoms with Crippen LogP contribution in [0.25, 0.3) is 0 Å². The van der Waals surface area contributed by atoms with Crippen LogP contribution in [0.3, 0.4) is 0 Å². The second-order valence-electron chi connectivity index (χ2n) is 6.91. The van der Waals surface area contributed by atoms with Gasteiger partial charge in [-0.2, -0.15) is 0 Å². The molecule has 1 fully saturated rings. The predicted octanol–water partition coefficient (Wildman–Crippen LogP) is 1.30. The molecular weight excluding hydrogens is 426 g/mol. The summed E-state index contributed by atoms with van der Waals surface area (Å²) in [4.78, 5) is 38.4. The number of hydrogen-bond acceptors (Lipinski definition) is 6. The molecule has 0 spiro atoms. The number of ether oxygens (including phenoxy) is 3. The third-order valence-electron chi connectivity index (χ3n) is 4.88. The Morgan fingerprint density at radius 2 is 1.74 bits per heavy atom. The first-order valence-corrected chi connectivity index (χ1v) is 10.0. The van der Waals surface area contributed by atoms with Gasteiger partial charge in [-0.15, -0.1) is 0 Å². The highest BCUT2D eigenvalue weighted by Gasteiger charge is 2.31. The molecule has 0 aliphatic carbocycles. The van der Waals surface area contributed by atoms with Gasteiger partial charge in [0, 0.05) is 23.7 Å². The molecule has 162 valence electrons. The van der Waals surface area contributed by atoms with Gasteiger partial charge in [0.15, 0.2) is 11.5 Å². The van der Waals surface area contributed by atoms with E-state index in [2.05, 4.69) is 10.6 Å². The van der Waals surface area contributed by atoms with Gasteiger partial charge in [-0.1, -0.05) is 17.7 Å². The Morgan fingerprint density at radius 1 is 1.00 bits per heavy atom. The van der Waals surface area contributed by atoms with E-state index in [1.807, 2.05) is 0 Å². The number of hydrogen-bond donors (Lipinski definition) is 2. The molecule has 2 heterocycles. The maximum absolute atomic E-state index is 12.7. The van der Waals surface area contributed by atoms with E-state index >= 15 is 0 Å². The smallest absolute Gasteiger partial charge is 0.309 e. The fourth-order valence-corrected chi connectivity index (χ4v) is 3.38. The number of amides is 3. The van der Waals surface area contributed by atoms with E-state index in [0.29, 0.717) is 35.2 Å². The summed E-state index contributed by atoms with van der Waals surface area (Å²) in [5.74, 6) is -0.593. The molecule has 9 nitrogen and oxygen atoms in total. The summed E-state index contributed by atoms with van der Waals surface area (Å²) < 4.78 is 16.1. The number of benzene rings is 2. The zero-order valence-corrected chi connectivity index (χ0v) is 17.2. The molecular formula is C21H20ClN3O6. The first-order chi connectivity index (χ1) is 15.0. The second kappa shape index (κ2) is 9.23. The molecule has 0 unspecified atom stereocenters. The lowest BCUT2D eigenvalue weighted by atomic mass is 10.2. The van der Waals surface area contributed by atoms with Crippen LogP contribution in [0, 0.1) is 0 Å². The van der Waals surface area contributed by atoms with Crippen LogP contribution in [-0.4, -0.2) is 55.3 Å². The Balaban J connectivity index is 1.26. The number of rotatable bonds is 5. The Kier molecular flexibility index (Phi) is 6.24. The Morgan fingerprint density at radius 3 is 2.55 bits per heavy atom. The van der Waals surface area contributed by atoms with Gasteiger partial charge in [-0.05, 0) is 42.0 Å². The molecule has 1 atom stereocenters. The van der Waals surface area contributed by atoms with E-state index < -0.39 is 18.0 Å². The van der Waals surface area contributed by atoms with Crippen LogP contribution < -0.4 is 20.1 Å².